The van der Waals surface area contributed by atoms with E-state index < -0.39 is 0 Å². The summed E-state index contributed by atoms with van der Waals surface area (Å²) < 4.78 is 7.12. The molecule has 0 spiro atoms. The largest absolute Gasteiger partial charge is 0.407 e. The summed E-state index contributed by atoms with van der Waals surface area (Å²) in [6.07, 6.45) is 1.53. The SMILES string of the molecule is CCc1ccc(Cc2nnc(NC(=O)c3cc(C)n(C)n3)o2)cc1. The van der Waals surface area contributed by atoms with Gasteiger partial charge in [0.25, 0.3) is 5.91 Å². The van der Waals surface area contributed by atoms with E-state index in [9.17, 15) is 4.79 Å². The van der Waals surface area contributed by atoms with Crippen LogP contribution in [-0.4, -0.2) is 25.9 Å². The minimum atomic E-state index is -0.374. The van der Waals surface area contributed by atoms with Crippen molar-refractivity contribution in [3.8, 4) is 0 Å². The topological polar surface area (TPSA) is 85.8 Å². The Kier molecular flexibility index (Phi) is 4.41. The predicted octanol–water partition coefficient (Wildman–Crippen LogP) is 2.52. The number of amides is 1. The average molecular weight is 325 g/mol. The Hall–Kier alpha value is -2.96. The fourth-order valence-electron chi connectivity index (χ4n) is 2.28. The summed E-state index contributed by atoms with van der Waals surface area (Å²) in [6.45, 7) is 3.99. The molecule has 7 nitrogen and oxygen atoms in total. The lowest BCUT2D eigenvalue weighted by Gasteiger charge is -1.99. The van der Waals surface area contributed by atoms with Crippen LogP contribution >= 0.6 is 0 Å². The first-order valence-corrected chi connectivity index (χ1v) is 7.77. The number of nitrogens with zero attached hydrogens (tertiary/aromatic N) is 4. The van der Waals surface area contributed by atoms with Crippen LogP contribution in [0.25, 0.3) is 0 Å². The zero-order valence-electron chi connectivity index (χ0n) is 13.9. The predicted molar refractivity (Wildman–Crippen MR) is 88.8 cm³/mol. The van der Waals surface area contributed by atoms with Gasteiger partial charge in [-0.2, -0.15) is 5.10 Å². The molecule has 0 aliphatic rings. The molecule has 3 aromatic rings. The van der Waals surface area contributed by atoms with Crippen LogP contribution in [0, 0.1) is 6.92 Å². The standard InChI is InChI=1S/C17H19N5O2/c1-4-12-5-7-13(8-6-12)10-15-19-20-17(24-15)18-16(23)14-9-11(2)22(3)21-14/h5-9H,4,10H2,1-3H3,(H,18,20,23). The molecule has 0 radical (unpaired) electrons. The van der Waals surface area contributed by atoms with E-state index in [1.54, 1.807) is 17.8 Å². The number of hydrogen-bond acceptors (Lipinski definition) is 5. The molecule has 1 aromatic carbocycles. The Morgan fingerprint density at radius 1 is 1.21 bits per heavy atom. The minimum Gasteiger partial charge on any atom is -0.407 e. The van der Waals surface area contributed by atoms with Gasteiger partial charge in [-0.25, -0.2) is 0 Å². The lowest BCUT2D eigenvalue weighted by atomic mass is 10.1. The van der Waals surface area contributed by atoms with E-state index in [1.807, 2.05) is 19.1 Å². The number of carbonyl (C=O) groups excluding carboxylic acids is 1. The van der Waals surface area contributed by atoms with Crippen molar-refractivity contribution >= 4 is 11.9 Å². The van der Waals surface area contributed by atoms with Gasteiger partial charge >= 0.3 is 6.01 Å². The molecule has 0 saturated heterocycles. The van der Waals surface area contributed by atoms with E-state index in [1.165, 1.54) is 5.56 Å². The Labute approximate surface area is 139 Å². The molecule has 2 heterocycles. The summed E-state index contributed by atoms with van der Waals surface area (Å²) in [7, 11) is 1.78. The third-order valence-corrected chi connectivity index (χ3v) is 3.82. The zero-order chi connectivity index (χ0) is 17.1. The number of hydrogen-bond donors (Lipinski definition) is 1. The highest BCUT2D eigenvalue weighted by atomic mass is 16.4. The van der Waals surface area contributed by atoms with Gasteiger partial charge in [-0.3, -0.25) is 14.8 Å². The van der Waals surface area contributed by atoms with Crippen LogP contribution in [0.4, 0.5) is 6.01 Å². The summed E-state index contributed by atoms with van der Waals surface area (Å²) in [5.41, 5.74) is 3.56. The number of aromatic nitrogens is 4. The maximum absolute atomic E-state index is 12.1. The molecule has 7 heteroatoms. The van der Waals surface area contributed by atoms with Crippen LogP contribution in [-0.2, 0) is 19.9 Å². The quantitative estimate of drug-likeness (QED) is 0.779. The van der Waals surface area contributed by atoms with Crippen LogP contribution < -0.4 is 5.32 Å². The first kappa shape index (κ1) is 15.9. The summed E-state index contributed by atoms with van der Waals surface area (Å²) in [5.74, 6) is 0.0768. The van der Waals surface area contributed by atoms with E-state index in [0.717, 1.165) is 17.7 Å². The highest BCUT2D eigenvalue weighted by Crippen LogP contribution is 2.13. The van der Waals surface area contributed by atoms with Crippen molar-refractivity contribution in [3.63, 3.8) is 0 Å². The van der Waals surface area contributed by atoms with E-state index in [0.29, 0.717) is 18.0 Å². The molecule has 0 aliphatic heterocycles. The van der Waals surface area contributed by atoms with Crippen LogP contribution in [0.1, 0.15) is 40.1 Å². The normalized spacial score (nSPS) is 10.8. The molecular weight excluding hydrogens is 306 g/mol. The van der Waals surface area contributed by atoms with Gasteiger partial charge in [-0.15, -0.1) is 5.10 Å². The summed E-state index contributed by atoms with van der Waals surface area (Å²) in [6, 6.07) is 10.0. The molecule has 1 N–H and O–H groups in total. The van der Waals surface area contributed by atoms with Gasteiger partial charge in [0.1, 0.15) is 0 Å². The maximum atomic E-state index is 12.1. The highest BCUT2D eigenvalue weighted by molar-refractivity contribution is 6.01. The monoisotopic (exact) mass is 325 g/mol. The summed E-state index contributed by atoms with van der Waals surface area (Å²) in [5, 5.41) is 14.5. The molecule has 0 saturated carbocycles. The zero-order valence-corrected chi connectivity index (χ0v) is 13.9. The summed E-state index contributed by atoms with van der Waals surface area (Å²) in [4.78, 5) is 12.1. The molecule has 124 valence electrons. The third-order valence-electron chi connectivity index (χ3n) is 3.82. The van der Waals surface area contributed by atoms with Crippen molar-refractivity contribution in [1.29, 1.82) is 0 Å². The number of nitrogens with one attached hydrogen (secondary N) is 1. The van der Waals surface area contributed by atoms with Crippen molar-refractivity contribution in [2.24, 2.45) is 7.05 Å². The van der Waals surface area contributed by atoms with Crippen LogP contribution in [0.15, 0.2) is 34.7 Å². The van der Waals surface area contributed by atoms with Crippen molar-refractivity contribution in [3.05, 3.63) is 58.7 Å². The second-order valence-corrected chi connectivity index (χ2v) is 5.60. The van der Waals surface area contributed by atoms with Crippen molar-refractivity contribution in [2.45, 2.75) is 26.7 Å². The second kappa shape index (κ2) is 6.66. The molecule has 3 rings (SSSR count). The third kappa shape index (κ3) is 3.51. The Morgan fingerprint density at radius 2 is 1.92 bits per heavy atom. The molecule has 0 unspecified atom stereocenters. The molecule has 0 aliphatic carbocycles. The van der Waals surface area contributed by atoms with E-state index in [2.05, 4.69) is 39.7 Å². The van der Waals surface area contributed by atoms with E-state index in [4.69, 9.17) is 4.42 Å². The number of rotatable bonds is 5. The fourth-order valence-corrected chi connectivity index (χ4v) is 2.28. The van der Waals surface area contributed by atoms with Crippen molar-refractivity contribution in [2.75, 3.05) is 5.32 Å². The highest BCUT2D eigenvalue weighted by Gasteiger charge is 2.15. The number of aryl methyl sites for hydroxylation is 3. The molecule has 24 heavy (non-hydrogen) atoms. The van der Waals surface area contributed by atoms with Gasteiger partial charge in [0.2, 0.25) is 5.89 Å². The first-order valence-electron chi connectivity index (χ1n) is 7.77. The second-order valence-electron chi connectivity index (χ2n) is 5.60. The van der Waals surface area contributed by atoms with Crippen LogP contribution in [0.2, 0.25) is 0 Å². The summed E-state index contributed by atoms with van der Waals surface area (Å²) >= 11 is 0. The molecular formula is C17H19N5O2. The van der Waals surface area contributed by atoms with E-state index in [-0.39, 0.29) is 11.9 Å². The smallest absolute Gasteiger partial charge is 0.322 e. The number of anilines is 1. The van der Waals surface area contributed by atoms with Gasteiger partial charge in [0, 0.05) is 12.7 Å². The average Bonchev–Trinajstić information content (AvgIpc) is 3.15. The molecule has 0 atom stereocenters. The number of benzene rings is 1. The minimum absolute atomic E-state index is 0.0727. The van der Waals surface area contributed by atoms with E-state index >= 15 is 0 Å². The Bertz CT molecular complexity index is 829. The molecule has 0 fully saturated rings. The Balaban J connectivity index is 1.65. The van der Waals surface area contributed by atoms with Gasteiger partial charge in [0.05, 0.1) is 6.42 Å². The van der Waals surface area contributed by atoms with Crippen LogP contribution in [0.5, 0.6) is 0 Å². The van der Waals surface area contributed by atoms with Gasteiger partial charge < -0.3 is 4.42 Å². The van der Waals surface area contributed by atoms with Gasteiger partial charge in [-0.05, 0) is 30.5 Å². The molecule has 2 aromatic heterocycles. The number of carbonyl (C=O) groups is 1. The van der Waals surface area contributed by atoms with Crippen LogP contribution in [0.3, 0.4) is 0 Å². The van der Waals surface area contributed by atoms with Crippen molar-refractivity contribution in [1.82, 2.24) is 20.0 Å². The lowest BCUT2D eigenvalue weighted by Crippen LogP contribution is -2.13. The van der Waals surface area contributed by atoms with Gasteiger partial charge in [0.15, 0.2) is 5.69 Å². The lowest BCUT2D eigenvalue weighted by molar-refractivity contribution is 0.101. The first-order chi connectivity index (χ1) is 11.5. The van der Waals surface area contributed by atoms with Gasteiger partial charge in [-0.1, -0.05) is 36.3 Å². The Morgan fingerprint density at radius 3 is 2.54 bits per heavy atom. The molecule has 1 amide bonds. The maximum Gasteiger partial charge on any atom is 0.322 e. The fraction of sp³-hybridized carbons (Fsp3) is 0.294. The van der Waals surface area contributed by atoms with Crippen molar-refractivity contribution < 1.29 is 9.21 Å². The molecule has 0 bridgehead atoms.